The molecule has 2 nitrogen and oxygen atoms in total. The molecule has 0 aliphatic carbocycles. The van der Waals surface area contributed by atoms with E-state index in [1.54, 1.807) is 0 Å². The van der Waals surface area contributed by atoms with Crippen LogP contribution in [0.15, 0.2) is 0 Å². The van der Waals surface area contributed by atoms with E-state index in [1.165, 1.54) is 134 Å². The molecule has 28 heavy (non-hydrogen) atoms. The largest absolute Gasteiger partial charge is 0.482 e. The fourth-order valence-electron chi connectivity index (χ4n) is 4.31. The number of nitriles is 1. The van der Waals surface area contributed by atoms with Crippen molar-refractivity contribution in [1.29, 1.82) is 5.26 Å². The molecule has 0 radical (unpaired) electrons. The highest BCUT2D eigenvalue weighted by Crippen LogP contribution is 2.31. The van der Waals surface area contributed by atoms with Gasteiger partial charge in [0, 0.05) is 0 Å². The molecule has 0 amide bonds. The third-order valence-corrected chi connectivity index (χ3v) is 10.5. The lowest BCUT2D eigenvalue weighted by Gasteiger charge is -2.28. The van der Waals surface area contributed by atoms with Gasteiger partial charge in [0.15, 0.2) is 0 Å². The van der Waals surface area contributed by atoms with Gasteiger partial charge in [0.1, 0.15) is 0 Å². The fourth-order valence-corrected chi connectivity index (χ4v) is 8.24. The van der Waals surface area contributed by atoms with Crippen LogP contribution in [-0.4, -0.2) is 8.32 Å². The van der Waals surface area contributed by atoms with Crippen molar-refractivity contribution in [3.8, 4) is 6.26 Å². The SMILES string of the molecule is CCCCCCCC[Si](CCCCCCCC)(CCCCCCCC)OC#N. The minimum absolute atomic E-state index is 1.22. The van der Waals surface area contributed by atoms with Crippen LogP contribution in [0.3, 0.4) is 0 Å². The van der Waals surface area contributed by atoms with E-state index in [-0.39, 0.29) is 0 Å². The minimum atomic E-state index is -1.86. The van der Waals surface area contributed by atoms with E-state index in [9.17, 15) is 5.26 Å². The van der Waals surface area contributed by atoms with E-state index in [4.69, 9.17) is 4.43 Å². The van der Waals surface area contributed by atoms with Gasteiger partial charge in [-0.25, -0.2) is 0 Å². The normalized spacial score (nSPS) is 11.5. The van der Waals surface area contributed by atoms with Crippen LogP contribution in [0.5, 0.6) is 0 Å². The molecular weight excluding hydrogens is 358 g/mol. The summed E-state index contributed by atoms with van der Waals surface area (Å²) in [5.74, 6) is 0. The summed E-state index contributed by atoms with van der Waals surface area (Å²) in [6.45, 7) is 6.83. The second-order valence-corrected chi connectivity index (χ2v) is 13.0. The van der Waals surface area contributed by atoms with E-state index >= 15 is 0 Å². The summed E-state index contributed by atoms with van der Waals surface area (Å²) in [7, 11) is -1.86. The molecular formula is C25H51NOSi. The smallest absolute Gasteiger partial charge is 0.271 e. The van der Waals surface area contributed by atoms with Crippen LogP contribution in [0.25, 0.3) is 0 Å². The summed E-state index contributed by atoms with van der Waals surface area (Å²) in [4.78, 5) is 0. The standard InChI is InChI=1S/C25H51NOSi/c1-4-7-10-13-16-19-22-28(27-25-26,23-20-17-14-11-8-5-2)24-21-18-15-12-9-6-3/h4-24H2,1-3H3. The molecule has 0 aliphatic heterocycles. The lowest BCUT2D eigenvalue weighted by molar-refractivity contribution is 0.459. The van der Waals surface area contributed by atoms with E-state index in [1.807, 2.05) is 0 Å². The zero-order chi connectivity index (χ0) is 20.8. The first-order valence-electron chi connectivity index (χ1n) is 12.8. The second-order valence-electron chi connectivity index (χ2n) is 8.93. The molecule has 0 aliphatic rings. The Morgan fingerprint density at radius 2 is 0.786 bits per heavy atom. The number of nitrogens with zero attached hydrogens (tertiary/aromatic N) is 1. The Hall–Kier alpha value is -0.493. The molecule has 0 saturated heterocycles. The zero-order valence-corrected chi connectivity index (χ0v) is 20.7. The molecule has 0 N–H and O–H groups in total. The first-order chi connectivity index (χ1) is 13.7. The highest BCUT2D eigenvalue weighted by atomic mass is 28.4. The number of rotatable bonds is 22. The van der Waals surface area contributed by atoms with Crippen molar-refractivity contribution in [3.05, 3.63) is 0 Å². The molecule has 0 heterocycles. The van der Waals surface area contributed by atoms with E-state index in [0.29, 0.717) is 0 Å². The third-order valence-electron chi connectivity index (χ3n) is 6.22. The van der Waals surface area contributed by atoms with Crippen LogP contribution < -0.4 is 0 Å². The fraction of sp³-hybridized carbons (Fsp3) is 0.960. The maximum atomic E-state index is 9.38. The summed E-state index contributed by atoms with van der Waals surface area (Å²) in [6, 6.07) is 3.66. The number of unbranched alkanes of at least 4 members (excludes halogenated alkanes) is 15. The summed E-state index contributed by atoms with van der Waals surface area (Å²) in [5.41, 5.74) is 0. The van der Waals surface area contributed by atoms with Crippen LogP contribution in [0.2, 0.25) is 18.1 Å². The van der Waals surface area contributed by atoms with Gasteiger partial charge in [0.2, 0.25) is 0 Å². The van der Waals surface area contributed by atoms with Crippen molar-refractivity contribution in [2.75, 3.05) is 0 Å². The Morgan fingerprint density at radius 3 is 1.07 bits per heavy atom. The van der Waals surface area contributed by atoms with E-state index < -0.39 is 8.32 Å². The molecule has 0 bridgehead atoms. The minimum Gasteiger partial charge on any atom is -0.482 e. The molecule has 0 aromatic heterocycles. The summed E-state index contributed by atoms with van der Waals surface area (Å²) in [6.07, 6.45) is 26.2. The molecule has 0 aromatic rings. The van der Waals surface area contributed by atoms with Gasteiger partial charge in [0.25, 0.3) is 14.6 Å². The van der Waals surface area contributed by atoms with Crippen LogP contribution in [0.1, 0.15) is 136 Å². The first kappa shape index (κ1) is 27.5. The Bertz CT molecular complexity index is 312. The van der Waals surface area contributed by atoms with Gasteiger partial charge in [-0.3, -0.25) is 0 Å². The van der Waals surface area contributed by atoms with Crippen molar-refractivity contribution in [2.24, 2.45) is 0 Å². The van der Waals surface area contributed by atoms with Gasteiger partial charge >= 0.3 is 0 Å². The zero-order valence-electron chi connectivity index (χ0n) is 19.7. The predicted octanol–water partition coefficient (Wildman–Crippen LogP) is 9.51. The Kier molecular flexibility index (Phi) is 20.8. The van der Waals surface area contributed by atoms with Gasteiger partial charge in [-0.05, 0) is 18.1 Å². The highest BCUT2D eigenvalue weighted by Gasteiger charge is 2.35. The Labute approximate surface area is 179 Å². The van der Waals surface area contributed by atoms with Gasteiger partial charge in [-0.15, -0.1) is 0 Å². The topological polar surface area (TPSA) is 33.0 Å². The average Bonchev–Trinajstić information content (AvgIpc) is 2.70. The lowest BCUT2D eigenvalue weighted by Crippen LogP contribution is -2.36. The number of hydrogen-bond donors (Lipinski definition) is 0. The maximum absolute atomic E-state index is 9.38. The van der Waals surface area contributed by atoms with E-state index in [0.717, 1.165) is 0 Å². The van der Waals surface area contributed by atoms with Crippen molar-refractivity contribution in [3.63, 3.8) is 0 Å². The Morgan fingerprint density at radius 1 is 0.500 bits per heavy atom. The lowest BCUT2D eigenvalue weighted by atomic mass is 10.1. The molecule has 166 valence electrons. The average molecular weight is 410 g/mol. The quantitative estimate of drug-likeness (QED) is 0.101. The Balaban J connectivity index is 4.42. The molecule has 0 atom stereocenters. The van der Waals surface area contributed by atoms with Gasteiger partial charge < -0.3 is 4.43 Å². The molecule has 0 fully saturated rings. The molecule has 0 spiro atoms. The van der Waals surface area contributed by atoms with Crippen molar-refractivity contribution >= 4 is 8.32 Å². The second kappa shape index (κ2) is 21.2. The van der Waals surface area contributed by atoms with Crippen molar-refractivity contribution < 1.29 is 4.43 Å². The number of hydrogen-bond acceptors (Lipinski definition) is 2. The molecule has 0 aromatic carbocycles. The molecule has 0 saturated carbocycles. The summed E-state index contributed by atoms with van der Waals surface area (Å²) >= 11 is 0. The molecule has 0 unspecified atom stereocenters. The van der Waals surface area contributed by atoms with Crippen LogP contribution in [0, 0.1) is 11.5 Å². The van der Waals surface area contributed by atoms with Crippen LogP contribution in [-0.2, 0) is 4.43 Å². The van der Waals surface area contributed by atoms with Gasteiger partial charge in [0.05, 0.1) is 0 Å². The van der Waals surface area contributed by atoms with E-state index in [2.05, 4.69) is 27.0 Å². The summed E-state index contributed by atoms with van der Waals surface area (Å²) < 4.78 is 5.96. The maximum Gasteiger partial charge on any atom is 0.271 e. The van der Waals surface area contributed by atoms with Crippen LogP contribution >= 0.6 is 0 Å². The van der Waals surface area contributed by atoms with Crippen LogP contribution in [0.4, 0.5) is 0 Å². The highest BCUT2D eigenvalue weighted by molar-refractivity contribution is 6.74. The molecule has 3 heteroatoms. The molecule has 0 rings (SSSR count). The predicted molar refractivity (Wildman–Crippen MR) is 127 cm³/mol. The monoisotopic (exact) mass is 409 g/mol. The van der Waals surface area contributed by atoms with Gasteiger partial charge in [-0.2, -0.15) is 5.26 Å². The van der Waals surface area contributed by atoms with Gasteiger partial charge in [-0.1, -0.05) is 136 Å². The first-order valence-corrected chi connectivity index (χ1v) is 15.3. The third kappa shape index (κ3) is 16.5. The van der Waals surface area contributed by atoms with Crippen molar-refractivity contribution in [2.45, 2.75) is 154 Å². The van der Waals surface area contributed by atoms with Crippen molar-refractivity contribution in [1.82, 2.24) is 0 Å². The summed E-state index contributed by atoms with van der Waals surface area (Å²) in [5, 5.41) is 9.38.